The average molecular weight is 861 g/mol. The number of carbonyl (C=O) groups is 6. The van der Waals surface area contributed by atoms with E-state index in [1.165, 1.54) is 12.2 Å². The number of rotatable bonds is 20. The summed E-state index contributed by atoms with van der Waals surface area (Å²) in [6, 6.07) is -1.79. The summed E-state index contributed by atoms with van der Waals surface area (Å²) in [5.41, 5.74) is -3.62. The van der Waals surface area contributed by atoms with Gasteiger partial charge in [-0.2, -0.15) is 0 Å². The van der Waals surface area contributed by atoms with Crippen LogP contribution < -0.4 is 5.32 Å². The zero-order valence-corrected chi connectivity index (χ0v) is 33.2. The van der Waals surface area contributed by atoms with Gasteiger partial charge in [-0.1, -0.05) is 32.4 Å². The van der Waals surface area contributed by atoms with E-state index in [4.69, 9.17) is 25.8 Å². The number of allylic oxidation sites excluding steroid dienone is 4. The first-order chi connectivity index (χ1) is 27.5. The number of ketones is 2. The van der Waals surface area contributed by atoms with Crippen LogP contribution in [0.4, 0.5) is 0 Å². The van der Waals surface area contributed by atoms with Crippen molar-refractivity contribution in [3.05, 3.63) is 54.1 Å². The largest absolute Gasteiger partial charge is 0.462 e. The van der Waals surface area contributed by atoms with Crippen LogP contribution in [0, 0.1) is 58.9 Å². The van der Waals surface area contributed by atoms with Crippen LogP contribution in [0.5, 0.6) is 0 Å². The molecule has 4 aliphatic carbocycles. The third-order valence-corrected chi connectivity index (χ3v) is 12.9. The van der Waals surface area contributed by atoms with Crippen LogP contribution >= 0.6 is 11.6 Å². The summed E-state index contributed by atoms with van der Waals surface area (Å²) in [6.07, 6.45) is 0.874. The molecule has 3 fully saturated rings. The molecule has 1 amide bonds. The van der Waals surface area contributed by atoms with Crippen molar-refractivity contribution in [3.8, 4) is 0 Å². The second kappa shape index (κ2) is 18.2. The van der Waals surface area contributed by atoms with Crippen molar-refractivity contribution in [3.63, 3.8) is 0 Å². The number of carbonyl (C=O) groups excluding carboxylic acids is 6. The highest BCUT2D eigenvalue weighted by Crippen LogP contribution is 2.72. The smallest absolute Gasteiger partial charge is 0.329 e. The summed E-state index contributed by atoms with van der Waals surface area (Å²) >= 11 is 7.54. The number of amides is 1. The highest BCUT2D eigenvalue weighted by molar-refractivity contribution is 6.26. The number of fused-ring (bicyclic) bond motifs is 5. The quantitative estimate of drug-likeness (QED) is 0.0437. The molecule has 0 aromatic rings. The van der Waals surface area contributed by atoms with Crippen molar-refractivity contribution in [1.29, 1.82) is 0 Å². The van der Waals surface area contributed by atoms with Gasteiger partial charge in [-0.25, -0.2) is 4.79 Å². The average Bonchev–Trinajstić information content (AvgIpc) is 3.35. The van der Waals surface area contributed by atoms with E-state index in [0.717, 1.165) is 12.5 Å². The summed E-state index contributed by atoms with van der Waals surface area (Å²) < 4.78 is 16.3. The number of ether oxygens (including phenoxy) is 3. The molecular weight excluding hydrogens is 816 g/mol. The fraction of sp³-hybridized carbons (Fsp3) is 0.714. The maximum Gasteiger partial charge on any atom is 0.329 e. The predicted molar refractivity (Wildman–Crippen MR) is 193 cm³/mol. The minimum absolute atomic E-state index is 0.162. The van der Waals surface area contributed by atoms with Gasteiger partial charge in [-0.15, -0.1) is 41.9 Å². The van der Waals surface area contributed by atoms with E-state index >= 15 is 0 Å². The maximum absolute atomic E-state index is 14.6. The number of hydrogen-bond donors (Lipinski definition) is 2. The van der Waals surface area contributed by atoms with Crippen molar-refractivity contribution in [2.45, 2.75) is 101 Å². The zero-order valence-electron chi connectivity index (χ0n) is 32.5. The molecule has 2 N–H and O–H groups in total. The second-order valence-electron chi connectivity index (χ2n) is 15.4. The number of alkyl halides is 1. The van der Waals surface area contributed by atoms with E-state index in [1.54, 1.807) is 19.9 Å². The first-order valence-corrected chi connectivity index (χ1v) is 18.9. The van der Waals surface area contributed by atoms with Gasteiger partial charge in [0.1, 0.15) is 19.3 Å². The molecule has 4 unspecified atom stereocenters. The molecule has 0 spiro atoms. The fourth-order valence-corrected chi connectivity index (χ4v) is 10.1. The Kier molecular flexibility index (Phi) is 14.3. The Morgan fingerprint density at radius 2 is 1.68 bits per heavy atom. The van der Waals surface area contributed by atoms with Crippen molar-refractivity contribution in [2.24, 2.45) is 28.6 Å². The summed E-state index contributed by atoms with van der Waals surface area (Å²) in [6.45, 7) is 2.65. The number of nitrogens with one attached hydrogen (secondary N) is 1. The molecule has 0 aliphatic heterocycles. The lowest BCUT2D eigenvalue weighted by molar-refractivity contribution is -0.790. The first kappa shape index (κ1) is 46.2. The SMILES string of the molecule is CC(=O)NC(CC(=O)OCC(=O)[C@@]1(OC(=O)CCCO[N+](=O)[O-])[C@@H](C)CC2C3CCC4=CC(=O)C=C[C@]4(C)[C@@]3(Cl)[C@@H](O)C[C@@]21C)C(=O)OCC(CO[N+](=O)[O-])O[N+](=O)[O-]. The molecule has 4 aliphatic rings. The Morgan fingerprint density at radius 1 is 1.00 bits per heavy atom. The minimum atomic E-state index is -2.07. The molecule has 23 nitrogen and oxygen atoms in total. The van der Waals surface area contributed by atoms with Crippen LogP contribution in [0.25, 0.3) is 0 Å². The van der Waals surface area contributed by atoms with E-state index in [1.807, 2.05) is 6.92 Å². The lowest BCUT2D eigenvalue weighted by Gasteiger charge is -2.64. The Bertz CT molecular complexity index is 1810. The van der Waals surface area contributed by atoms with Gasteiger partial charge in [0.05, 0.1) is 24.0 Å². The number of aliphatic hydroxyl groups is 1. The van der Waals surface area contributed by atoms with Crippen molar-refractivity contribution in [1.82, 2.24) is 5.32 Å². The van der Waals surface area contributed by atoms with Crippen LogP contribution in [0.1, 0.15) is 72.6 Å². The lowest BCUT2D eigenvalue weighted by Crippen LogP contribution is -2.69. The number of Topliss-reactive ketones (excluding diaryl/α,β-unsaturated/α-hetero) is 1. The number of halogens is 1. The van der Waals surface area contributed by atoms with Gasteiger partial charge in [0.15, 0.2) is 24.1 Å². The third-order valence-electron chi connectivity index (χ3n) is 12.0. The fourth-order valence-electron chi connectivity index (χ4n) is 9.55. The van der Waals surface area contributed by atoms with Gasteiger partial charge in [0.25, 0.3) is 15.3 Å². The van der Waals surface area contributed by atoms with Gasteiger partial charge < -0.3 is 39.1 Å². The Morgan fingerprint density at radius 3 is 2.31 bits per heavy atom. The normalized spacial score (nSPS) is 31.4. The van der Waals surface area contributed by atoms with Gasteiger partial charge in [0, 0.05) is 30.1 Å². The third kappa shape index (κ3) is 9.40. The van der Waals surface area contributed by atoms with Crippen LogP contribution in [-0.4, -0.2) is 111 Å². The molecule has 0 bridgehead atoms. The van der Waals surface area contributed by atoms with Crippen LogP contribution in [0.2, 0.25) is 0 Å². The molecule has 59 heavy (non-hydrogen) atoms. The van der Waals surface area contributed by atoms with Crippen molar-refractivity contribution >= 4 is 47.0 Å². The topological polar surface area (TPSA) is 319 Å². The summed E-state index contributed by atoms with van der Waals surface area (Å²) in [5.74, 6) is -7.22. The molecule has 0 heterocycles. The second-order valence-corrected chi connectivity index (χ2v) is 16.0. The van der Waals surface area contributed by atoms with Crippen LogP contribution in [-0.2, 0) is 57.5 Å². The summed E-state index contributed by atoms with van der Waals surface area (Å²) in [7, 11) is 0. The molecule has 0 radical (unpaired) electrons. The first-order valence-electron chi connectivity index (χ1n) is 18.5. The maximum atomic E-state index is 14.6. The van der Waals surface area contributed by atoms with E-state index in [0.29, 0.717) is 12.8 Å². The van der Waals surface area contributed by atoms with Crippen molar-refractivity contribution < 1.29 is 77.9 Å². The molecular formula is C35H45ClN4O19. The zero-order chi connectivity index (χ0) is 44.1. The van der Waals surface area contributed by atoms with Gasteiger partial charge in [-0.05, 0) is 56.1 Å². The molecule has 0 saturated heterocycles. The molecule has 0 aromatic carbocycles. The molecule has 10 atom stereocenters. The molecule has 24 heteroatoms. The Labute approximate surface area is 340 Å². The number of nitrogens with zero attached hydrogens (tertiary/aromatic N) is 3. The lowest BCUT2D eigenvalue weighted by atomic mass is 9.45. The predicted octanol–water partition coefficient (Wildman–Crippen LogP) is 1.48. The summed E-state index contributed by atoms with van der Waals surface area (Å²) in [4.78, 5) is 122. The van der Waals surface area contributed by atoms with Gasteiger partial charge in [-0.3, -0.25) is 24.0 Å². The van der Waals surface area contributed by atoms with Crippen LogP contribution in [0.15, 0.2) is 23.8 Å². The summed E-state index contributed by atoms with van der Waals surface area (Å²) in [5, 5.41) is 42.5. The van der Waals surface area contributed by atoms with E-state index in [9.17, 15) is 64.2 Å². The minimum Gasteiger partial charge on any atom is -0.462 e. The Hall–Kier alpha value is -5.45. The van der Waals surface area contributed by atoms with E-state index in [-0.39, 0.29) is 25.0 Å². The number of aliphatic hydroxyl groups excluding tert-OH is 1. The Balaban J connectivity index is 1.58. The van der Waals surface area contributed by atoms with Crippen molar-refractivity contribution in [2.75, 3.05) is 26.4 Å². The number of esters is 3. The van der Waals surface area contributed by atoms with Gasteiger partial charge >= 0.3 is 17.9 Å². The molecule has 4 rings (SSSR count). The highest BCUT2D eigenvalue weighted by atomic mass is 35.5. The monoisotopic (exact) mass is 860 g/mol. The van der Waals surface area contributed by atoms with Crippen LogP contribution in [0.3, 0.4) is 0 Å². The van der Waals surface area contributed by atoms with E-state index in [2.05, 4.69) is 19.8 Å². The van der Waals surface area contributed by atoms with Gasteiger partial charge in [0.2, 0.25) is 11.7 Å². The molecule has 326 valence electrons. The van der Waals surface area contributed by atoms with E-state index < -0.39 is 141 Å². The number of hydrogen-bond acceptors (Lipinski definition) is 19. The molecule has 0 aromatic heterocycles. The highest BCUT2D eigenvalue weighted by Gasteiger charge is 2.76. The standard InChI is InChI=1S/C35H45ClN4O19/c1-19-12-25-24-8-7-21-13-22(42)9-10-32(21,3)34(24,36)27(43)15-33(25,4)35(19,58-29(45)6-5-11-56-38(48)49)28(44)18-54-30(46)14-26(37-20(2)41)31(47)55-16-23(59-40(52)53)17-57-39(50)51/h9-10,13,19,23-27,43H,5-8,11-12,14-18H2,1-4H3,(H,37,41)/t19-,23?,24?,25?,26?,27-,32-,33-,34-,35-/m0/s1. The molecule has 3 saturated carbocycles.